The largest absolute Gasteiger partial charge is 0.336 e. The molecule has 7 heteroatoms. The third-order valence-corrected chi connectivity index (χ3v) is 6.57. The molecule has 1 aromatic carbocycles. The van der Waals surface area contributed by atoms with Gasteiger partial charge in [0.05, 0.1) is 0 Å². The maximum absolute atomic E-state index is 12.7. The second-order valence-electron chi connectivity index (χ2n) is 6.47. The molecule has 2 heterocycles. The summed E-state index contributed by atoms with van der Waals surface area (Å²) in [6.45, 7) is 6.24. The predicted molar refractivity (Wildman–Crippen MR) is 90.7 cm³/mol. The third kappa shape index (κ3) is 2.62. The van der Waals surface area contributed by atoms with Gasteiger partial charge in [-0.1, -0.05) is 17.7 Å². The van der Waals surface area contributed by atoms with E-state index in [-0.39, 0.29) is 24.2 Å². The Balaban J connectivity index is 1.78. The van der Waals surface area contributed by atoms with Crippen molar-refractivity contribution in [1.82, 2.24) is 14.5 Å². The highest BCUT2D eigenvalue weighted by molar-refractivity contribution is 7.92. The van der Waals surface area contributed by atoms with Crippen LogP contribution in [0.2, 0.25) is 0 Å². The number of benzene rings is 1. The number of aromatic nitrogens is 2. The molecule has 24 heavy (non-hydrogen) atoms. The first-order valence-corrected chi connectivity index (χ1v) is 9.35. The first-order chi connectivity index (χ1) is 11.2. The summed E-state index contributed by atoms with van der Waals surface area (Å²) >= 11 is 0. The molecule has 2 aromatic rings. The Morgan fingerprint density at radius 1 is 1.17 bits per heavy atom. The molecular formula is C17H21N3O3S. The van der Waals surface area contributed by atoms with E-state index in [9.17, 15) is 13.2 Å². The zero-order valence-electron chi connectivity index (χ0n) is 14.3. The van der Waals surface area contributed by atoms with Crippen molar-refractivity contribution in [3.8, 4) is 0 Å². The molecule has 1 aromatic heterocycles. The number of hydrogen-bond donors (Lipinski definition) is 0. The Labute approximate surface area is 142 Å². The summed E-state index contributed by atoms with van der Waals surface area (Å²) < 4.78 is 26.6. The van der Waals surface area contributed by atoms with Gasteiger partial charge in [0.15, 0.2) is 0 Å². The fraction of sp³-hybridized carbons (Fsp3) is 0.412. The molecule has 1 aliphatic heterocycles. The molecule has 6 nitrogen and oxygen atoms in total. The molecule has 0 N–H and O–H groups in total. The number of nitrogens with zero attached hydrogens (tertiary/aromatic N) is 3. The maximum Gasteiger partial charge on any atom is 0.254 e. The zero-order chi connectivity index (χ0) is 17.6. The number of carbonyl (C=O) groups excluding carboxylic acids is 1. The zero-order valence-corrected chi connectivity index (χ0v) is 15.1. The van der Waals surface area contributed by atoms with Crippen LogP contribution in [0.3, 0.4) is 0 Å². The van der Waals surface area contributed by atoms with Crippen molar-refractivity contribution in [2.75, 3.05) is 13.1 Å². The van der Waals surface area contributed by atoms with Gasteiger partial charge in [0.1, 0.15) is 5.25 Å². The second-order valence-corrected chi connectivity index (χ2v) is 8.59. The quantitative estimate of drug-likeness (QED) is 0.846. The van der Waals surface area contributed by atoms with Crippen molar-refractivity contribution in [3.63, 3.8) is 0 Å². The van der Waals surface area contributed by atoms with Crippen LogP contribution in [0.1, 0.15) is 27.0 Å². The van der Waals surface area contributed by atoms with Crippen LogP contribution < -0.4 is 0 Å². The number of amides is 1. The Kier molecular flexibility index (Phi) is 3.99. The monoisotopic (exact) mass is 347 g/mol. The fourth-order valence-corrected chi connectivity index (χ4v) is 4.97. The lowest BCUT2D eigenvalue weighted by Crippen LogP contribution is -2.57. The van der Waals surface area contributed by atoms with Gasteiger partial charge in [-0.3, -0.25) is 4.79 Å². The molecule has 0 unspecified atom stereocenters. The van der Waals surface area contributed by atoms with E-state index in [0.717, 1.165) is 16.7 Å². The summed E-state index contributed by atoms with van der Waals surface area (Å²) in [7, 11) is -1.85. The van der Waals surface area contributed by atoms with E-state index in [1.54, 1.807) is 18.1 Å². The smallest absolute Gasteiger partial charge is 0.254 e. The molecular weight excluding hydrogens is 326 g/mol. The van der Waals surface area contributed by atoms with Gasteiger partial charge in [0.2, 0.25) is 15.0 Å². The van der Waals surface area contributed by atoms with Gasteiger partial charge in [-0.15, -0.1) is 0 Å². The minimum Gasteiger partial charge on any atom is -0.336 e. The average Bonchev–Trinajstić information content (AvgIpc) is 2.82. The maximum atomic E-state index is 12.7. The second kappa shape index (κ2) is 5.73. The van der Waals surface area contributed by atoms with Crippen molar-refractivity contribution in [3.05, 3.63) is 46.8 Å². The van der Waals surface area contributed by atoms with Gasteiger partial charge >= 0.3 is 0 Å². The van der Waals surface area contributed by atoms with E-state index in [1.165, 1.54) is 10.8 Å². The molecule has 1 fully saturated rings. The highest BCUT2D eigenvalue weighted by atomic mass is 32.2. The molecule has 0 saturated carbocycles. The number of likely N-dealkylation sites (tertiary alicyclic amines) is 1. The van der Waals surface area contributed by atoms with Gasteiger partial charge in [-0.05, 0) is 31.9 Å². The van der Waals surface area contributed by atoms with Crippen LogP contribution in [-0.2, 0) is 16.9 Å². The van der Waals surface area contributed by atoms with Crippen LogP contribution >= 0.6 is 0 Å². The number of imidazole rings is 1. The minimum absolute atomic E-state index is 0.0577. The van der Waals surface area contributed by atoms with E-state index in [4.69, 9.17) is 0 Å². The van der Waals surface area contributed by atoms with Crippen LogP contribution in [0.4, 0.5) is 0 Å². The molecule has 0 atom stereocenters. The Morgan fingerprint density at radius 3 is 2.25 bits per heavy atom. The van der Waals surface area contributed by atoms with E-state index >= 15 is 0 Å². The molecule has 0 aliphatic carbocycles. The standard InChI is InChI=1S/C17H21N3O3S/c1-11-7-12(2)15(13(3)8-11)16(21)20-9-14(10-20)24(22,23)17-18-5-6-19(17)4/h5-8,14H,9-10H2,1-4H3. The Bertz CT molecular complexity index is 886. The van der Waals surface area contributed by atoms with Crippen molar-refractivity contribution < 1.29 is 13.2 Å². The van der Waals surface area contributed by atoms with E-state index in [0.29, 0.717) is 5.56 Å². The van der Waals surface area contributed by atoms with E-state index < -0.39 is 15.1 Å². The average molecular weight is 347 g/mol. The van der Waals surface area contributed by atoms with E-state index in [2.05, 4.69) is 4.98 Å². The molecule has 0 spiro atoms. The number of hydrogen-bond acceptors (Lipinski definition) is 4. The van der Waals surface area contributed by atoms with E-state index in [1.807, 2.05) is 32.9 Å². The van der Waals surface area contributed by atoms with Crippen LogP contribution in [0.5, 0.6) is 0 Å². The molecule has 3 rings (SSSR count). The molecule has 0 bridgehead atoms. The SMILES string of the molecule is Cc1cc(C)c(C(=O)N2CC(S(=O)(=O)c3nccn3C)C2)c(C)c1. The number of sulfone groups is 1. The minimum atomic E-state index is -3.51. The van der Waals surface area contributed by atoms with Crippen molar-refractivity contribution in [2.45, 2.75) is 31.2 Å². The van der Waals surface area contributed by atoms with Gasteiger partial charge < -0.3 is 9.47 Å². The first kappa shape index (κ1) is 16.7. The van der Waals surface area contributed by atoms with Crippen molar-refractivity contribution >= 4 is 15.7 Å². The normalized spacial score (nSPS) is 15.4. The number of rotatable bonds is 3. The van der Waals surface area contributed by atoms with Crippen LogP contribution in [0.25, 0.3) is 0 Å². The lowest BCUT2D eigenvalue weighted by atomic mass is 9.97. The number of aryl methyl sites for hydroxylation is 4. The molecule has 128 valence electrons. The highest BCUT2D eigenvalue weighted by Crippen LogP contribution is 2.26. The Morgan fingerprint density at radius 2 is 1.75 bits per heavy atom. The van der Waals surface area contributed by atoms with Crippen molar-refractivity contribution in [1.29, 1.82) is 0 Å². The summed E-state index contributed by atoms with van der Waals surface area (Å²) in [6, 6.07) is 3.95. The van der Waals surface area contributed by atoms with Gasteiger partial charge in [-0.2, -0.15) is 0 Å². The van der Waals surface area contributed by atoms with Crippen LogP contribution in [0, 0.1) is 20.8 Å². The molecule has 0 radical (unpaired) electrons. The lowest BCUT2D eigenvalue weighted by molar-refractivity contribution is 0.0657. The molecule has 1 aliphatic rings. The van der Waals surface area contributed by atoms with Gasteiger partial charge in [-0.25, -0.2) is 13.4 Å². The van der Waals surface area contributed by atoms with Gasteiger partial charge in [0.25, 0.3) is 5.91 Å². The predicted octanol–water partition coefficient (Wildman–Crippen LogP) is 1.64. The van der Waals surface area contributed by atoms with Gasteiger partial charge in [0, 0.05) is 38.1 Å². The topological polar surface area (TPSA) is 72.3 Å². The summed E-state index contributed by atoms with van der Waals surface area (Å²) in [4.78, 5) is 18.2. The van der Waals surface area contributed by atoms with Crippen molar-refractivity contribution in [2.24, 2.45) is 7.05 Å². The lowest BCUT2D eigenvalue weighted by Gasteiger charge is -2.38. The third-order valence-electron chi connectivity index (χ3n) is 4.50. The summed E-state index contributed by atoms with van der Waals surface area (Å²) in [5, 5.41) is -0.532. The fourth-order valence-electron chi connectivity index (χ4n) is 3.25. The molecule has 1 saturated heterocycles. The summed E-state index contributed by atoms with van der Waals surface area (Å²) in [6.07, 6.45) is 3.07. The van der Waals surface area contributed by atoms with Crippen LogP contribution in [-0.4, -0.2) is 47.1 Å². The summed E-state index contributed by atoms with van der Waals surface area (Å²) in [5.41, 5.74) is 3.63. The first-order valence-electron chi connectivity index (χ1n) is 7.80. The molecule has 1 amide bonds. The number of carbonyl (C=O) groups is 1. The Hall–Kier alpha value is -2.15. The van der Waals surface area contributed by atoms with Crippen LogP contribution in [0.15, 0.2) is 29.7 Å². The summed E-state index contributed by atoms with van der Waals surface area (Å²) in [5.74, 6) is -0.101. The highest BCUT2D eigenvalue weighted by Gasteiger charge is 2.42.